The highest BCUT2D eigenvalue weighted by Gasteiger charge is 2.56. The van der Waals surface area contributed by atoms with E-state index in [0.29, 0.717) is 17.8 Å². The molecule has 8 heteroatoms. The van der Waals surface area contributed by atoms with E-state index in [2.05, 4.69) is 16.0 Å². The summed E-state index contributed by atoms with van der Waals surface area (Å²) in [5.74, 6) is 0.969. The number of anilines is 1. The summed E-state index contributed by atoms with van der Waals surface area (Å²) in [4.78, 5) is 24.9. The summed E-state index contributed by atoms with van der Waals surface area (Å²) in [5.41, 5.74) is -1.72. The van der Waals surface area contributed by atoms with Gasteiger partial charge in [-0.1, -0.05) is 6.07 Å². The van der Waals surface area contributed by atoms with Crippen LogP contribution < -0.4 is 16.0 Å². The Bertz CT molecular complexity index is 867. The van der Waals surface area contributed by atoms with E-state index in [1.165, 1.54) is 12.1 Å². The van der Waals surface area contributed by atoms with Crippen LogP contribution in [0, 0.1) is 17.8 Å². The normalized spacial score (nSPS) is 31.9. The van der Waals surface area contributed by atoms with Gasteiger partial charge in [0.1, 0.15) is 5.54 Å². The standard InChI is InChI=1S/C23H30F3N3O2/c1-13(30)28-22-10-14-7-15(11-22)19(16(8-14)12-22)27-20(31)21(2,3)29-18-6-4-5-17(9-18)23(24,25)26/h4-6,9,14-16,19,29H,7-8,10-12H2,1-3H3,(H,27,31)(H,28,30)/t14?,15-,16+,19+,22+. The van der Waals surface area contributed by atoms with Crippen molar-refractivity contribution in [3.8, 4) is 0 Å². The van der Waals surface area contributed by atoms with Gasteiger partial charge in [0.05, 0.1) is 5.56 Å². The second-order valence-corrected chi connectivity index (χ2v) is 10.3. The average Bonchev–Trinajstić information content (AvgIpc) is 2.62. The van der Waals surface area contributed by atoms with Gasteiger partial charge in [0.2, 0.25) is 11.8 Å². The van der Waals surface area contributed by atoms with Gasteiger partial charge >= 0.3 is 6.18 Å². The molecule has 2 amide bonds. The van der Waals surface area contributed by atoms with Gasteiger partial charge in [-0.25, -0.2) is 0 Å². The van der Waals surface area contributed by atoms with Crippen molar-refractivity contribution in [2.24, 2.45) is 17.8 Å². The van der Waals surface area contributed by atoms with E-state index in [4.69, 9.17) is 0 Å². The number of alkyl halides is 3. The lowest BCUT2D eigenvalue weighted by Crippen LogP contribution is -2.67. The maximum Gasteiger partial charge on any atom is 0.416 e. The third kappa shape index (κ3) is 4.39. The molecule has 0 spiro atoms. The molecule has 5 atom stereocenters. The van der Waals surface area contributed by atoms with Crippen LogP contribution >= 0.6 is 0 Å². The van der Waals surface area contributed by atoms with Gasteiger partial charge in [-0.3, -0.25) is 9.59 Å². The van der Waals surface area contributed by atoms with E-state index < -0.39 is 17.3 Å². The highest BCUT2D eigenvalue weighted by Crippen LogP contribution is 2.55. The van der Waals surface area contributed by atoms with Crippen LogP contribution in [0.15, 0.2) is 24.3 Å². The Hall–Kier alpha value is -2.25. The molecule has 170 valence electrons. The maximum absolute atomic E-state index is 13.1. The zero-order valence-electron chi connectivity index (χ0n) is 18.1. The quantitative estimate of drug-likeness (QED) is 0.650. The third-order valence-electron chi connectivity index (χ3n) is 7.23. The first kappa shape index (κ1) is 22.0. The molecule has 0 aromatic heterocycles. The molecule has 1 aromatic carbocycles. The van der Waals surface area contributed by atoms with Crippen LogP contribution in [0.5, 0.6) is 0 Å². The van der Waals surface area contributed by atoms with Crippen molar-refractivity contribution >= 4 is 17.5 Å². The number of hydrogen-bond acceptors (Lipinski definition) is 3. The Morgan fingerprint density at radius 2 is 1.71 bits per heavy atom. The lowest BCUT2D eigenvalue weighted by molar-refractivity contribution is -0.137. The Labute approximate surface area is 180 Å². The lowest BCUT2D eigenvalue weighted by Gasteiger charge is -2.60. The van der Waals surface area contributed by atoms with Crippen LogP contribution in [0.25, 0.3) is 0 Å². The SMILES string of the molecule is CC(=O)N[C@@]12CC3C[C@H](C1)[C@H](NC(=O)C(C)(C)Nc1cccc(C(F)(F)F)c1)[C@@H](C3)C2. The number of carbonyl (C=O) groups excluding carboxylic acids is 2. The molecule has 1 aromatic rings. The van der Waals surface area contributed by atoms with Crippen molar-refractivity contribution in [3.05, 3.63) is 29.8 Å². The molecule has 3 N–H and O–H groups in total. The monoisotopic (exact) mass is 437 g/mol. The molecule has 4 fully saturated rings. The van der Waals surface area contributed by atoms with Gasteiger partial charge < -0.3 is 16.0 Å². The van der Waals surface area contributed by atoms with E-state index in [0.717, 1.165) is 44.2 Å². The van der Waals surface area contributed by atoms with Crippen LogP contribution in [0.1, 0.15) is 58.4 Å². The molecule has 5 nitrogen and oxygen atoms in total. The van der Waals surface area contributed by atoms with Crippen LogP contribution in [0.4, 0.5) is 18.9 Å². The lowest BCUT2D eigenvalue weighted by atomic mass is 9.51. The molecule has 31 heavy (non-hydrogen) atoms. The summed E-state index contributed by atoms with van der Waals surface area (Å²) in [6.45, 7) is 4.91. The average molecular weight is 438 g/mol. The van der Waals surface area contributed by atoms with E-state index in [9.17, 15) is 22.8 Å². The first-order valence-electron chi connectivity index (χ1n) is 10.9. The third-order valence-corrected chi connectivity index (χ3v) is 7.23. The summed E-state index contributed by atoms with van der Waals surface area (Å²) >= 11 is 0. The van der Waals surface area contributed by atoms with E-state index >= 15 is 0 Å². The molecule has 4 aliphatic rings. The number of carbonyl (C=O) groups is 2. The summed E-state index contributed by atoms with van der Waals surface area (Å²) in [7, 11) is 0. The zero-order chi connectivity index (χ0) is 22.6. The molecule has 1 unspecified atom stereocenters. The minimum absolute atomic E-state index is 0.00560. The van der Waals surface area contributed by atoms with Crippen LogP contribution in [0.3, 0.4) is 0 Å². The summed E-state index contributed by atoms with van der Waals surface area (Å²) < 4.78 is 39.0. The number of hydrogen-bond donors (Lipinski definition) is 3. The molecule has 0 radical (unpaired) electrons. The fourth-order valence-corrected chi connectivity index (χ4v) is 6.31. The van der Waals surface area contributed by atoms with E-state index in [-0.39, 0.29) is 29.1 Å². The van der Waals surface area contributed by atoms with Gasteiger partial charge in [0.25, 0.3) is 0 Å². The Morgan fingerprint density at radius 3 is 2.29 bits per heavy atom. The van der Waals surface area contributed by atoms with Crippen molar-refractivity contribution in [3.63, 3.8) is 0 Å². The number of amides is 2. The number of rotatable bonds is 5. The Morgan fingerprint density at radius 1 is 1.06 bits per heavy atom. The van der Waals surface area contributed by atoms with Gasteiger partial charge in [-0.2, -0.15) is 13.2 Å². The number of benzene rings is 1. The predicted octanol–water partition coefficient (Wildman–Crippen LogP) is 4.10. The smallest absolute Gasteiger partial charge is 0.372 e. The van der Waals surface area contributed by atoms with Gasteiger partial charge in [-0.15, -0.1) is 0 Å². The fourth-order valence-electron chi connectivity index (χ4n) is 6.31. The van der Waals surface area contributed by atoms with Crippen LogP contribution in [-0.2, 0) is 15.8 Å². The van der Waals surface area contributed by atoms with Crippen LogP contribution in [-0.4, -0.2) is 28.9 Å². The van der Waals surface area contributed by atoms with Gasteiger partial charge in [0, 0.05) is 24.2 Å². The first-order valence-corrected chi connectivity index (χ1v) is 10.9. The minimum atomic E-state index is -4.44. The fraction of sp³-hybridized carbons (Fsp3) is 0.652. The first-order chi connectivity index (χ1) is 14.4. The highest BCUT2D eigenvalue weighted by atomic mass is 19.4. The molecule has 5 rings (SSSR count). The highest BCUT2D eigenvalue weighted by molar-refractivity contribution is 5.88. The minimum Gasteiger partial charge on any atom is -0.372 e. The van der Waals surface area contributed by atoms with Crippen molar-refractivity contribution in [2.45, 2.75) is 76.2 Å². The molecule has 4 bridgehead atoms. The largest absolute Gasteiger partial charge is 0.416 e. The molecule has 0 heterocycles. The van der Waals surface area contributed by atoms with Crippen molar-refractivity contribution in [1.29, 1.82) is 0 Å². The molecule has 0 aliphatic heterocycles. The Balaban J connectivity index is 1.44. The van der Waals surface area contributed by atoms with E-state index in [1.807, 2.05) is 0 Å². The maximum atomic E-state index is 13.1. The van der Waals surface area contributed by atoms with Crippen molar-refractivity contribution < 1.29 is 22.8 Å². The van der Waals surface area contributed by atoms with Crippen molar-refractivity contribution in [2.75, 3.05) is 5.32 Å². The summed E-state index contributed by atoms with van der Waals surface area (Å²) in [6, 6.07) is 4.93. The molecular formula is C23H30F3N3O2. The summed E-state index contributed by atoms with van der Waals surface area (Å²) in [6.07, 6.45) is 0.406. The summed E-state index contributed by atoms with van der Waals surface area (Å²) in [5, 5.41) is 9.36. The van der Waals surface area contributed by atoms with Gasteiger partial charge in [0.15, 0.2) is 0 Å². The number of nitrogens with one attached hydrogen (secondary N) is 3. The zero-order valence-corrected chi connectivity index (χ0v) is 18.1. The molecule has 4 saturated carbocycles. The van der Waals surface area contributed by atoms with E-state index in [1.54, 1.807) is 20.8 Å². The van der Waals surface area contributed by atoms with Crippen LogP contribution in [0.2, 0.25) is 0 Å². The molecular weight excluding hydrogens is 407 g/mol. The Kier molecular flexibility index (Phi) is 5.25. The molecule has 0 saturated heterocycles. The van der Waals surface area contributed by atoms with Crippen molar-refractivity contribution in [1.82, 2.24) is 10.6 Å². The second-order valence-electron chi connectivity index (χ2n) is 10.3. The predicted molar refractivity (Wildman–Crippen MR) is 111 cm³/mol. The second kappa shape index (κ2) is 7.41. The van der Waals surface area contributed by atoms with Gasteiger partial charge in [-0.05, 0) is 81.9 Å². The molecule has 4 aliphatic carbocycles. The topological polar surface area (TPSA) is 70.2 Å². The number of halogens is 3.